The van der Waals surface area contributed by atoms with Crippen LogP contribution in [-0.2, 0) is 19.3 Å². The molecular formula is C20H32N6S2. The SMILES string of the molecule is CCCNC1CCc2nc(NC3c4sc(N)nc4CCC3NCCC)sc2C1. The van der Waals surface area contributed by atoms with E-state index in [4.69, 9.17) is 10.7 Å². The number of hydrogen-bond donors (Lipinski definition) is 4. The lowest BCUT2D eigenvalue weighted by molar-refractivity contribution is 0.412. The third-order valence-corrected chi connectivity index (χ3v) is 7.74. The second-order valence-corrected chi connectivity index (χ2v) is 10.0. The Hall–Kier alpha value is -1.22. The molecule has 0 aromatic carbocycles. The molecular weight excluding hydrogens is 388 g/mol. The highest BCUT2D eigenvalue weighted by Crippen LogP contribution is 2.39. The van der Waals surface area contributed by atoms with Crippen molar-refractivity contribution in [2.45, 2.75) is 76.9 Å². The van der Waals surface area contributed by atoms with Crippen molar-refractivity contribution in [1.29, 1.82) is 0 Å². The topological polar surface area (TPSA) is 87.9 Å². The van der Waals surface area contributed by atoms with Gasteiger partial charge in [0.1, 0.15) is 0 Å². The molecule has 0 radical (unpaired) electrons. The smallest absolute Gasteiger partial charge is 0.183 e. The predicted octanol–water partition coefficient (Wildman–Crippen LogP) is 3.51. The summed E-state index contributed by atoms with van der Waals surface area (Å²) in [4.78, 5) is 12.3. The van der Waals surface area contributed by atoms with Gasteiger partial charge < -0.3 is 21.7 Å². The molecule has 2 aromatic heterocycles. The van der Waals surface area contributed by atoms with Crippen molar-refractivity contribution >= 4 is 32.9 Å². The van der Waals surface area contributed by atoms with Crippen molar-refractivity contribution in [1.82, 2.24) is 20.6 Å². The highest BCUT2D eigenvalue weighted by Gasteiger charge is 2.33. The Morgan fingerprint density at radius 3 is 2.61 bits per heavy atom. The van der Waals surface area contributed by atoms with Crippen molar-refractivity contribution < 1.29 is 0 Å². The van der Waals surface area contributed by atoms with Gasteiger partial charge in [-0.25, -0.2) is 9.97 Å². The molecule has 5 N–H and O–H groups in total. The zero-order valence-electron chi connectivity index (χ0n) is 16.9. The number of aryl methyl sites for hydroxylation is 2. The molecule has 4 rings (SSSR count). The summed E-state index contributed by atoms with van der Waals surface area (Å²) in [6, 6.07) is 1.20. The molecule has 0 spiro atoms. The Morgan fingerprint density at radius 1 is 1.00 bits per heavy atom. The van der Waals surface area contributed by atoms with Gasteiger partial charge in [-0.2, -0.15) is 0 Å². The third-order valence-electron chi connectivity index (χ3n) is 5.68. The molecule has 28 heavy (non-hydrogen) atoms. The summed E-state index contributed by atoms with van der Waals surface area (Å²) in [7, 11) is 0. The monoisotopic (exact) mass is 420 g/mol. The number of nitrogens with two attached hydrogens (primary N) is 1. The molecule has 2 aliphatic rings. The maximum absolute atomic E-state index is 6.03. The number of aromatic nitrogens is 2. The quantitative estimate of drug-likeness (QED) is 0.523. The number of thiazole rings is 2. The van der Waals surface area contributed by atoms with Gasteiger partial charge in [0.2, 0.25) is 0 Å². The molecule has 0 saturated carbocycles. The summed E-state index contributed by atoms with van der Waals surface area (Å²) in [6.07, 6.45) is 7.79. The van der Waals surface area contributed by atoms with Crippen LogP contribution in [0.15, 0.2) is 0 Å². The maximum atomic E-state index is 6.03. The van der Waals surface area contributed by atoms with Crippen LogP contribution in [-0.4, -0.2) is 35.1 Å². The fraction of sp³-hybridized carbons (Fsp3) is 0.700. The molecule has 0 saturated heterocycles. The van der Waals surface area contributed by atoms with Crippen LogP contribution in [0.5, 0.6) is 0 Å². The number of anilines is 2. The molecule has 0 bridgehead atoms. The molecule has 0 amide bonds. The summed E-state index contributed by atoms with van der Waals surface area (Å²) in [5.74, 6) is 0. The Kier molecular flexibility index (Phi) is 6.50. The zero-order chi connectivity index (χ0) is 19.5. The van der Waals surface area contributed by atoms with Gasteiger partial charge in [-0.1, -0.05) is 25.2 Å². The molecule has 8 heteroatoms. The van der Waals surface area contributed by atoms with Crippen LogP contribution in [0.3, 0.4) is 0 Å². The molecule has 0 fully saturated rings. The summed E-state index contributed by atoms with van der Waals surface area (Å²) < 4.78 is 0. The number of nitrogen functional groups attached to an aromatic ring is 1. The highest BCUT2D eigenvalue weighted by molar-refractivity contribution is 7.16. The Bertz CT molecular complexity index is 786. The van der Waals surface area contributed by atoms with Gasteiger partial charge in [0.15, 0.2) is 10.3 Å². The number of nitrogens with zero attached hydrogens (tertiary/aromatic N) is 2. The van der Waals surface area contributed by atoms with E-state index in [-0.39, 0.29) is 6.04 Å². The molecule has 2 aromatic rings. The van der Waals surface area contributed by atoms with Crippen molar-refractivity contribution in [3.05, 3.63) is 21.1 Å². The zero-order valence-corrected chi connectivity index (χ0v) is 18.5. The largest absolute Gasteiger partial charge is 0.375 e. The van der Waals surface area contributed by atoms with E-state index >= 15 is 0 Å². The second-order valence-electron chi connectivity index (χ2n) is 7.87. The average molecular weight is 421 g/mol. The fourth-order valence-electron chi connectivity index (χ4n) is 4.25. The van der Waals surface area contributed by atoms with Gasteiger partial charge in [-0.15, -0.1) is 11.3 Å². The highest BCUT2D eigenvalue weighted by atomic mass is 32.1. The van der Waals surface area contributed by atoms with Crippen LogP contribution in [0.4, 0.5) is 10.3 Å². The van der Waals surface area contributed by atoms with Crippen LogP contribution in [0.25, 0.3) is 0 Å². The van der Waals surface area contributed by atoms with Gasteiger partial charge in [-0.05, 0) is 58.0 Å². The second kappa shape index (κ2) is 9.07. The fourth-order valence-corrected chi connectivity index (χ4v) is 6.38. The number of nitrogens with one attached hydrogen (secondary N) is 3. The third kappa shape index (κ3) is 4.35. The minimum atomic E-state index is 0.201. The minimum absolute atomic E-state index is 0.201. The van der Waals surface area contributed by atoms with E-state index in [9.17, 15) is 0 Å². The van der Waals surface area contributed by atoms with Crippen LogP contribution < -0.4 is 21.7 Å². The lowest BCUT2D eigenvalue weighted by Crippen LogP contribution is -2.41. The van der Waals surface area contributed by atoms with E-state index in [1.54, 1.807) is 11.3 Å². The van der Waals surface area contributed by atoms with Gasteiger partial charge in [0, 0.05) is 17.0 Å². The van der Waals surface area contributed by atoms with E-state index in [0.717, 1.165) is 50.3 Å². The first-order chi connectivity index (χ1) is 13.7. The number of hydrogen-bond acceptors (Lipinski definition) is 8. The van der Waals surface area contributed by atoms with Crippen molar-refractivity contribution in [2.75, 3.05) is 24.1 Å². The number of fused-ring (bicyclic) bond motifs is 2. The molecule has 0 aliphatic heterocycles. The Balaban J connectivity index is 1.51. The summed E-state index contributed by atoms with van der Waals surface area (Å²) in [6.45, 7) is 6.58. The van der Waals surface area contributed by atoms with Crippen LogP contribution in [0.2, 0.25) is 0 Å². The molecule has 3 atom stereocenters. The molecule has 2 aliphatic carbocycles. The lowest BCUT2D eigenvalue weighted by atomic mass is 9.92. The van der Waals surface area contributed by atoms with Crippen LogP contribution >= 0.6 is 22.7 Å². The maximum Gasteiger partial charge on any atom is 0.183 e. The number of rotatable bonds is 8. The Morgan fingerprint density at radius 2 is 1.79 bits per heavy atom. The minimum Gasteiger partial charge on any atom is -0.375 e. The normalized spacial score (nSPS) is 24.0. The van der Waals surface area contributed by atoms with E-state index in [2.05, 4.69) is 34.8 Å². The van der Waals surface area contributed by atoms with E-state index in [0.29, 0.717) is 17.2 Å². The summed E-state index contributed by atoms with van der Waals surface area (Å²) in [5.41, 5.74) is 8.49. The first-order valence-corrected chi connectivity index (χ1v) is 12.3. The molecule has 154 valence electrons. The summed E-state index contributed by atoms with van der Waals surface area (Å²) >= 11 is 3.47. The van der Waals surface area contributed by atoms with Crippen molar-refractivity contribution in [3.63, 3.8) is 0 Å². The molecule has 2 heterocycles. The van der Waals surface area contributed by atoms with Gasteiger partial charge in [0.25, 0.3) is 0 Å². The first-order valence-electron chi connectivity index (χ1n) is 10.6. The standard InChI is InChI=1S/C20H32N6S2/c1-3-9-22-12-5-6-13-16(11-12)27-20(25-13)26-17-14(23-10-4-2)7-8-15-18(17)28-19(21)24-15/h12,14,17,22-23H,3-11H2,1-2H3,(H2,21,24)(H,25,26). The summed E-state index contributed by atoms with van der Waals surface area (Å²) in [5, 5.41) is 12.9. The molecule has 6 nitrogen and oxygen atoms in total. The van der Waals surface area contributed by atoms with Gasteiger partial charge in [-0.3, -0.25) is 0 Å². The van der Waals surface area contributed by atoms with Crippen molar-refractivity contribution in [2.24, 2.45) is 0 Å². The molecule has 3 unspecified atom stereocenters. The first kappa shape index (κ1) is 20.1. The van der Waals surface area contributed by atoms with Gasteiger partial charge >= 0.3 is 0 Å². The van der Waals surface area contributed by atoms with Crippen LogP contribution in [0, 0.1) is 0 Å². The predicted molar refractivity (Wildman–Crippen MR) is 120 cm³/mol. The van der Waals surface area contributed by atoms with E-state index in [1.165, 1.54) is 34.0 Å². The Labute approximate surface area is 175 Å². The average Bonchev–Trinajstić information content (AvgIpc) is 3.27. The van der Waals surface area contributed by atoms with Crippen molar-refractivity contribution in [3.8, 4) is 0 Å². The van der Waals surface area contributed by atoms with Crippen LogP contribution in [0.1, 0.15) is 66.7 Å². The van der Waals surface area contributed by atoms with Gasteiger partial charge in [0.05, 0.1) is 22.3 Å². The lowest BCUT2D eigenvalue weighted by Gasteiger charge is -2.32. The van der Waals surface area contributed by atoms with E-state index < -0.39 is 0 Å². The van der Waals surface area contributed by atoms with E-state index in [1.807, 2.05) is 11.3 Å².